The first-order valence-electron chi connectivity index (χ1n) is 11.0. The lowest BCUT2D eigenvalue weighted by molar-refractivity contribution is 0.0935. The Kier molecular flexibility index (Phi) is 6.31. The fourth-order valence-corrected chi connectivity index (χ4v) is 3.88. The maximum absolute atomic E-state index is 13.2. The summed E-state index contributed by atoms with van der Waals surface area (Å²) in [6.07, 6.45) is 2.62. The van der Waals surface area contributed by atoms with Crippen LogP contribution in [0.25, 0.3) is 10.9 Å². The molecule has 0 aliphatic heterocycles. The Labute approximate surface area is 194 Å². The van der Waals surface area contributed by atoms with Gasteiger partial charge in [0.1, 0.15) is 11.6 Å². The highest BCUT2D eigenvalue weighted by Gasteiger charge is 2.21. The maximum atomic E-state index is 13.2. The summed E-state index contributed by atoms with van der Waals surface area (Å²) in [5, 5.41) is 4.36. The molecule has 170 valence electrons. The maximum Gasteiger partial charge on any atom is 0.251 e. The van der Waals surface area contributed by atoms with Crippen LogP contribution in [-0.4, -0.2) is 49.0 Å². The number of aryl methyl sites for hydroxylation is 1. The Morgan fingerprint density at radius 3 is 2.42 bits per heavy atom. The number of benzene rings is 2. The molecule has 0 fully saturated rings. The number of para-hydroxylation sites is 1. The van der Waals surface area contributed by atoms with Gasteiger partial charge in [-0.1, -0.05) is 18.2 Å². The van der Waals surface area contributed by atoms with Gasteiger partial charge in [-0.2, -0.15) is 0 Å². The second-order valence-corrected chi connectivity index (χ2v) is 8.62. The zero-order chi connectivity index (χ0) is 23.5. The van der Waals surface area contributed by atoms with Crippen LogP contribution in [0.15, 0.2) is 60.8 Å². The van der Waals surface area contributed by atoms with E-state index >= 15 is 0 Å². The lowest BCUT2D eigenvalue weighted by atomic mass is 10.0. The highest BCUT2D eigenvalue weighted by molar-refractivity contribution is 5.95. The summed E-state index contributed by atoms with van der Waals surface area (Å²) in [5.74, 6) is 1.35. The van der Waals surface area contributed by atoms with Crippen LogP contribution in [0.2, 0.25) is 0 Å². The number of fused-ring (bicyclic) bond motifs is 1. The van der Waals surface area contributed by atoms with Crippen molar-refractivity contribution >= 4 is 28.3 Å². The Morgan fingerprint density at radius 2 is 1.73 bits per heavy atom. The minimum Gasteiger partial charge on any atom is -0.378 e. The van der Waals surface area contributed by atoms with Gasteiger partial charge in [-0.25, -0.2) is 9.97 Å². The molecule has 0 bridgehead atoms. The zero-order valence-corrected chi connectivity index (χ0v) is 19.8. The van der Waals surface area contributed by atoms with E-state index in [1.165, 1.54) is 0 Å². The van der Waals surface area contributed by atoms with E-state index in [-0.39, 0.29) is 11.9 Å². The first-order valence-corrected chi connectivity index (χ1v) is 11.0. The van der Waals surface area contributed by atoms with Gasteiger partial charge < -0.3 is 20.1 Å². The SMILES string of the molecule is Cc1nc([C@H](Cc2c[nH]c3ccccc23)NC(=O)c2ccc(N(C)C)cc2)cc(N(C)C)n1. The van der Waals surface area contributed by atoms with E-state index in [0.29, 0.717) is 17.8 Å². The Bertz CT molecular complexity index is 1260. The topological polar surface area (TPSA) is 77.2 Å². The highest BCUT2D eigenvalue weighted by Crippen LogP contribution is 2.26. The minimum atomic E-state index is -0.314. The van der Waals surface area contributed by atoms with Gasteiger partial charge in [0.05, 0.1) is 11.7 Å². The molecule has 0 spiro atoms. The minimum absolute atomic E-state index is 0.132. The molecule has 2 heterocycles. The summed E-state index contributed by atoms with van der Waals surface area (Å²) in [7, 11) is 7.86. The number of hydrogen-bond acceptors (Lipinski definition) is 5. The fourth-order valence-electron chi connectivity index (χ4n) is 3.88. The number of carbonyl (C=O) groups is 1. The molecule has 2 aromatic heterocycles. The van der Waals surface area contributed by atoms with Gasteiger partial charge >= 0.3 is 0 Å². The molecule has 0 saturated carbocycles. The molecule has 0 saturated heterocycles. The molecule has 0 unspecified atom stereocenters. The number of amides is 1. The van der Waals surface area contributed by atoms with Gasteiger partial charge in [-0.15, -0.1) is 0 Å². The third-order valence-corrected chi connectivity index (χ3v) is 5.71. The summed E-state index contributed by atoms with van der Waals surface area (Å²) in [6.45, 7) is 1.88. The average molecular weight is 443 g/mol. The molecule has 0 aliphatic rings. The number of nitrogens with one attached hydrogen (secondary N) is 2. The molecule has 33 heavy (non-hydrogen) atoms. The van der Waals surface area contributed by atoms with Crippen molar-refractivity contribution in [2.45, 2.75) is 19.4 Å². The molecule has 4 aromatic rings. The van der Waals surface area contributed by atoms with Crippen LogP contribution < -0.4 is 15.1 Å². The molecule has 7 nitrogen and oxygen atoms in total. The summed E-state index contributed by atoms with van der Waals surface area (Å²) in [6, 6.07) is 17.4. The largest absolute Gasteiger partial charge is 0.378 e. The van der Waals surface area contributed by atoms with Crippen molar-refractivity contribution < 1.29 is 4.79 Å². The highest BCUT2D eigenvalue weighted by atomic mass is 16.1. The van der Waals surface area contributed by atoms with Gasteiger partial charge in [-0.3, -0.25) is 4.79 Å². The van der Waals surface area contributed by atoms with E-state index < -0.39 is 0 Å². The Balaban J connectivity index is 1.68. The van der Waals surface area contributed by atoms with Gasteiger partial charge in [0.2, 0.25) is 0 Å². The van der Waals surface area contributed by atoms with Gasteiger partial charge in [0.25, 0.3) is 5.91 Å². The van der Waals surface area contributed by atoms with Crippen molar-refractivity contribution in [2.24, 2.45) is 0 Å². The molecule has 0 radical (unpaired) electrons. The van der Waals surface area contributed by atoms with Gasteiger partial charge in [-0.05, 0) is 42.8 Å². The standard InChI is InChI=1S/C26H30N6O/c1-17-28-24(15-25(29-17)32(4)5)23(14-19-16-27-22-9-7-6-8-21(19)22)30-26(33)18-10-12-20(13-11-18)31(2)3/h6-13,15-16,23,27H,14H2,1-5H3,(H,30,33)/t23-/m0/s1. The smallest absolute Gasteiger partial charge is 0.251 e. The summed E-state index contributed by atoms with van der Waals surface area (Å²) in [5.41, 5.74) is 4.65. The van der Waals surface area contributed by atoms with Crippen molar-refractivity contribution in [1.29, 1.82) is 0 Å². The number of nitrogens with zero attached hydrogens (tertiary/aromatic N) is 4. The number of rotatable bonds is 7. The first kappa shape index (κ1) is 22.3. The van der Waals surface area contributed by atoms with Crippen molar-refractivity contribution in [3.63, 3.8) is 0 Å². The van der Waals surface area contributed by atoms with Crippen LogP contribution in [0.4, 0.5) is 11.5 Å². The molecule has 7 heteroatoms. The predicted octanol–water partition coefficient (Wildman–Crippen LogP) is 4.11. The van der Waals surface area contributed by atoms with Crippen molar-refractivity contribution in [3.05, 3.63) is 83.4 Å². The third-order valence-electron chi connectivity index (χ3n) is 5.71. The molecule has 0 aliphatic carbocycles. The lowest BCUT2D eigenvalue weighted by Gasteiger charge is -2.21. The molecule has 4 rings (SSSR count). The monoisotopic (exact) mass is 442 g/mol. The second-order valence-electron chi connectivity index (χ2n) is 8.62. The number of hydrogen-bond donors (Lipinski definition) is 2. The van der Waals surface area contributed by atoms with E-state index in [1.807, 2.05) is 93.6 Å². The van der Waals surface area contributed by atoms with Crippen LogP contribution in [0.3, 0.4) is 0 Å². The normalized spacial score (nSPS) is 11.9. The van der Waals surface area contributed by atoms with E-state index in [0.717, 1.165) is 33.7 Å². The zero-order valence-electron chi connectivity index (χ0n) is 19.8. The molecule has 2 aromatic carbocycles. The van der Waals surface area contributed by atoms with Crippen LogP contribution in [0.5, 0.6) is 0 Å². The number of H-pyrrole nitrogens is 1. The quantitative estimate of drug-likeness (QED) is 0.450. The van der Waals surface area contributed by atoms with E-state index in [9.17, 15) is 4.79 Å². The van der Waals surface area contributed by atoms with Crippen LogP contribution >= 0.6 is 0 Å². The Morgan fingerprint density at radius 1 is 1.00 bits per heavy atom. The molecule has 2 N–H and O–H groups in total. The first-order chi connectivity index (χ1) is 15.8. The molecule has 1 atom stereocenters. The van der Waals surface area contributed by atoms with Crippen molar-refractivity contribution in [3.8, 4) is 0 Å². The Hall–Kier alpha value is -3.87. The third kappa shape index (κ3) is 4.98. The van der Waals surface area contributed by atoms with E-state index in [4.69, 9.17) is 4.98 Å². The average Bonchev–Trinajstić information content (AvgIpc) is 3.21. The molecular weight excluding hydrogens is 412 g/mol. The van der Waals surface area contributed by atoms with E-state index in [1.54, 1.807) is 0 Å². The summed E-state index contributed by atoms with van der Waals surface area (Å²) >= 11 is 0. The van der Waals surface area contributed by atoms with Gasteiger partial charge in [0, 0.05) is 69.0 Å². The number of aromatic amines is 1. The fraction of sp³-hybridized carbons (Fsp3) is 0.269. The van der Waals surface area contributed by atoms with Crippen LogP contribution in [-0.2, 0) is 6.42 Å². The van der Waals surface area contributed by atoms with Crippen LogP contribution in [0.1, 0.15) is 33.5 Å². The lowest BCUT2D eigenvalue weighted by Crippen LogP contribution is -2.31. The summed E-state index contributed by atoms with van der Waals surface area (Å²) in [4.78, 5) is 29.7. The van der Waals surface area contributed by atoms with E-state index in [2.05, 4.69) is 27.4 Å². The predicted molar refractivity (Wildman–Crippen MR) is 134 cm³/mol. The molecular formula is C26H30N6O. The number of carbonyl (C=O) groups excluding carboxylic acids is 1. The van der Waals surface area contributed by atoms with Crippen molar-refractivity contribution in [2.75, 3.05) is 38.0 Å². The number of aromatic nitrogens is 3. The van der Waals surface area contributed by atoms with Gasteiger partial charge in [0.15, 0.2) is 0 Å². The van der Waals surface area contributed by atoms with Crippen molar-refractivity contribution in [1.82, 2.24) is 20.3 Å². The second kappa shape index (κ2) is 9.32. The number of anilines is 2. The van der Waals surface area contributed by atoms with Crippen LogP contribution in [0, 0.1) is 6.92 Å². The molecule has 1 amide bonds. The summed E-state index contributed by atoms with van der Waals surface area (Å²) < 4.78 is 0.